The molecule has 2 aromatic rings. The third-order valence-corrected chi connectivity index (χ3v) is 7.67. The monoisotopic (exact) mass is 422 g/mol. The molecule has 0 bridgehead atoms. The van der Waals surface area contributed by atoms with Crippen LogP contribution in [0, 0.1) is 5.82 Å². The van der Waals surface area contributed by atoms with E-state index in [4.69, 9.17) is 0 Å². The van der Waals surface area contributed by atoms with Crippen molar-refractivity contribution in [3.63, 3.8) is 0 Å². The summed E-state index contributed by atoms with van der Waals surface area (Å²) in [6.07, 6.45) is 2.95. The van der Waals surface area contributed by atoms with E-state index in [9.17, 15) is 14.0 Å². The summed E-state index contributed by atoms with van der Waals surface area (Å²) >= 11 is 1.36. The number of anilines is 2. The lowest BCUT2D eigenvalue weighted by Gasteiger charge is -2.40. The fourth-order valence-corrected chi connectivity index (χ4v) is 6.35. The number of aryl methyl sites for hydroxylation is 1. The largest absolute Gasteiger partial charge is 0.299 e. The fourth-order valence-electron chi connectivity index (χ4n) is 5.03. The molecule has 1 saturated heterocycles. The number of benzene rings is 2. The molecular weight excluding hydrogens is 399 g/mol. The van der Waals surface area contributed by atoms with Crippen LogP contribution in [-0.2, 0) is 20.9 Å². The predicted octanol–water partition coefficient (Wildman–Crippen LogP) is 4.86. The number of carbonyl (C=O) groups excluding carboxylic acids is 2. The Bertz CT molecular complexity index is 1140. The van der Waals surface area contributed by atoms with E-state index in [-0.39, 0.29) is 23.4 Å². The number of hydrogen-bond acceptors (Lipinski definition) is 3. The number of nitrogens with zero attached hydrogens (tertiary/aromatic N) is 2. The number of fused-ring (bicyclic) bond motifs is 1. The second kappa shape index (κ2) is 6.20. The molecule has 154 valence electrons. The number of allylic oxidation sites excluding steroid dienone is 1. The molecule has 3 heterocycles. The van der Waals surface area contributed by atoms with Crippen LogP contribution in [0.5, 0.6) is 0 Å². The Hall–Kier alpha value is -2.60. The minimum atomic E-state index is -1.17. The van der Waals surface area contributed by atoms with Crippen molar-refractivity contribution in [1.29, 1.82) is 0 Å². The van der Waals surface area contributed by atoms with E-state index in [0.717, 1.165) is 34.4 Å². The third-order valence-electron chi connectivity index (χ3n) is 6.28. The third kappa shape index (κ3) is 2.34. The van der Waals surface area contributed by atoms with Gasteiger partial charge in [0.25, 0.3) is 5.91 Å². The highest BCUT2D eigenvalue weighted by atomic mass is 32.2. The molecule has 5 rings (SSSR count). The highest BCUT2D eigenvalue weighted by molar-refractivity contribution is 8.02. The maximum atomic E-state index is 14.1. The van der Waals surface area contributed by atoms with E-state index in [1.165, 1.54) is 23.9 Å². The fraction of sp³-hybridized carbons (Fsp3) is 0.333. The van der Waals surface area contributed by atoms with Gasteiger partial charge in [-0.05, 0) is 74.7 Å². The summed E-state index contributed by atoms with van der Waals surface area (Å²) in [5.74, 6) is -0.422. The zero-order valence-electron chi connectivity index (χ0n) is 17.5. The van der Waals surface area contributed by atoms with Crippen LogP contribution < -0.4 is 9.80 Å². The average molecular weight is 423 g/mol. The molecule has 6 heteroatoms. The van der Waals surface area contributed by atoms with E-state index >= 15 is 0 Å². The van der Waals surface area contributed by atoms with E-state index in [1.807, 2.05) is 18.7 Å². The summed E-state index contributed by atoms with van der Waals surface area (Å²) in [4.78, 5) is 29.5. The highest BCUT2D eigenvalue weighted by Crippen LogP contribution is 2.60. The Morgan fingerprint density at radius 3 is 2.47 bits per heavy atom. The summed E-state index contributed by atoms with van der Waals surface area (Å²) < 4.78 is 13.6. The van der Waals surface area contributed by atoms with Gasteiger partial charge in [-0.3, -0.25) is 19.4 Å². The van der Waals surface area contributed by atoms with Crippen molar-refractivity contribution in [2.75, 3.05) is 15.6 Å². The highest BCUT2D eigenvalue weighted by Gasteiger charge is 2.64. The van der Waals surface area contributed by atoms with Crippen LogP contribution in [0.25, 0.3) is 5.57 Å². The number of rotatable bonds is 2. The first-order chi connectivity index (χ1) is 14.2. The molecule has 0 aromatic heterocycles. The van der Waals surface area contributed by atoms with Crippen molar-refractivity contribution >= 4 is 40.5 Å². The quantitative estimate of drug-likeness (QED) is 0.694. The number of hydrogen-bond donors (Lipinski definition) is 0. The maximum Gasteiger partial charge on any atom is 0.269 e. The smallest absolute Gasteiger partial charge is 0.269 e. The zero-order chi connectivity index (χ0) is 21.4. The first kappa shape index (κ1) is 19.4. The van der Waals surface area contributed by atoms with E-state index in [0.29, 0.717) is 5.69 Å². The lowest BCUT2D eigenvalue weighted by atomic mass is 9.87. The molecular formula is C24H23FN2O2S. The Morgan fingerprint density at radius 2 is 1.80 bits per heavy atom. The van der Waals surface area contributed by atoms with Gasteiger partial charge in [0, 0.05) is 16.8 Å². The summed E-state index contributed by atoms with van der Waals surface area (Å²) in [6, 6.07) is 10.1. The molecule has 2 aromatic carbocycles. The van der Waals surface area contributed by atoms with E-state index in [2.05, 4.69) is 32.1 Å². The number of carbonyl (C=O) groups is 2. The second-order valence-corrected chi connectivity index (χ2v) is 9.82. The minimum Gasteiger partial charge on any atom is -0.299 e. The molecule has 30 heavy (non-hydrogen) atoms. The normalized spacial score (nSPS) is 24.0. The molecule has 1 spiro atoms. The van der Waals surface area contributed by atoms with Gasteiger partial charge in [0.15, 0.2) is 0 Å². The minimum absolute atomic E-state index is 0.110. The zero-order valence-corrected chi connectivity index (χ0v) is 18.3. The van der Waals surface area contributed by atoms with Crippen LogP contribution >= 0.6 is 11.8 Å². The van der Waals surface area contributed by atoms with Gasteiger partial charge in [0.2, 0.25) is 10.8 Å². The van der Waals surface area contributed by atoms with Crippen LogP contribution in [-0.4, -0.2) is 23.1 Å². The van der Waals surface area contributed by atoms with Crippen molar-refractivity contribution in [1.82, 2.24) is 0 Å². The van der Waals surface area contributed by atoms with Crippen molar-refractivity contribution in [2.45, 2.75) is 44.5 Å². The van der Waals surface area contributed by atoms with Crippen LogP contribution in [0.4, 0.5) is 15.8 Å². The topological polar surface area (TPSA) is 40.6 Å². The lowest BCUT2D eigenvalue weighted by Crippen LogP contribution is -2.54. The molecule has 3 aliphatic rings. The molecule has 0 N–H and O–H groups in total. The van der Waals surface area contributed by atoms with Crippen molar-refractivity contribution < 1.29 is 14.0 Å². The summed E-state index contributed by atoms with van der Waals surface area (Å²) in [5, 5.41) is 0. The molecule has 0 unspecified atom stereocenters. The second-order valence-electron chi connectivity index (χ2n) is 8.65. The van der Waals surface area contributed by atoms with Gasteiger partial charge >= 0.3 is 0 Å². The van der Waals surface area contributed by atoms with Crippen molar-refractivity contribution in [3.05, 3.63) is 65.0 Å². The molecule has 1 fully saturated rings. The average Bonchev–Trinajstić information content (AvgIpc) is 3.17. The van der Waals surface area contributed by atoms with Gasteiger partial charge < -0.3 is 0 Å². The van der Waals surface area contributed by atoms with Crippen molar-refractivity contribution in [2.24, 2.45) is 0 Å². The predicted molar refractivity (Wildman–Crippen MR) is 119 cm³/mol. The Morgan fingerprint density at radius 1 is 1.10 bits per heavy atom. The van der Waals surface area contributed by atoms with Gasteiger partial charge in [0.05, 0.1) is 17.0 Å². The summed E-state index contributed by atoms with van der Waals surface area (Å²) in [5.41, 5.74) is 5.10. The molecule has 4 nitrogen and oxygen atoms in total. The SMILES string of the molecule is CCc1cc2c3c(c1)[C@@]1(SCC(=O)N1c1ccc(F)cc1)C(=O)N3C(C)(C)C=C2C. The van der Waals surface area contributed by atoms with E-state index in [1.54, 1.807) is 17.0 Å². The van der Waals surface area contributed by atoms with Gasteiger partial charge in [-0.2, -0.15) is 0 Å². The van der Waals surface area contributed by atoms with Gasteiger partial charge in [-0.1, -0.05) is 13.0 Å². The Labute approximate surface area is 179 Å². The standard InChI is InChI=1S/C24H23FN2O2S/c1-5-15-10-18-14(2)12-23(3,4)27-21(18)19(11-15)24(22(27)29)26(20(28)13-30-24)17-8-6-16(25)7-9-17/h6-12H,5,13H2,1-4H3/t24-/m1/s1. The van der Waals surface area contributed by atoms with Crippen LogP contribution in [0.3, 0.4) is 0 Å². The van der Waals surface area contributed by atoms with Crippen LogP contribution in [0.15, 0.2) is 42.5 Å². The Kier molecular flexibility index (Phi) is 4.00. The number of amides is 2. The van der Waals surface area contributed by atoms with Crippen LogP contribution in [0.2, 0.25) is 0 Å². The van der Waals surface area contributed by atoms with Gasteiger partial charge in [-0.15, -0.1) is 11.8 Å². The number of thioether (sulfide) groups is 1. The molecule has 3 aliphatic heterocycles. The molecule has 2 amide bonds. The molecule has 0 saturated carbocycles. The molecule has 1 atom stereocenters. The first-order valence-electron chi connectivity index (χ1n) is 10.1. The maximum absolute atomic E-state index is 14.1. The molecule has 0 aliphatic carbocycles. The van der Waals surface area contributed by atoms with Gasteiger partial charge in [0.1, 0.15) is 5.82 Å². The Balaban J connectivity index is 1.83. The number of halogens is 1. The van der Waals surface area contributed by atoms with E-state index < -0.39 is 10.4 Å². The molecule has 0 radical (unpaired) electrons. The van der Waals surface area contributed by atoms with Crippen molar-refractivity contribution in [3.8, 4) is 0 Å². The van der Waals surface area contributed by atoms with Gasteiger partial charge in [-0.25, -0.2) is 4.39 Å². The lowest BCUT2D eigenvalue weighted by molar-refractivity contribution is -0.124. The van der Waals surface area contributed by atoms with Crippen LogP contribution in [0.1, 0.15) is 44.4 Å². The summed E-state index contributed by atoms with van der Waals surface area (Å²) in [7, 11) is 0. The summed E-state index contributed by atoms with van der Waals surface area (Å²) in [6.45, 7) is 8.22. The first-order valence-corrected chi connectivity index (χ1v) is 11.1.